The smallest absolute Gasteiger partial charge is 0.261 e. The standard InChI is InChI=1S/C22H27NO2/c1-14-8-11-21(12-15(14)2)25-17(4)22(24)23-16(3)19-10-9-18-6-5-7-20(18)13-19/h8-13,16-17H,5-7H2,1-4H3,(H,23,24)/t16-,17-/m1/s1. The Morgan fingerprint density at radius 3 is 2.52 bits per heavy atom. The van der Waals surface area contributed by atoms with Gasteiger partial charge >= 0.3 is 0 Å². The monoisotopic (exact) mass is 337 g/mol. The van der Waals surface area contributed by atoms with Crippen molar-refractivity contribution >= 4 is 5.91 Å². The molecule has 3 rings (SSSR count). The minimum Gasteiger partial charge on any atom is -0.481 e. The Kier molecular flexibility index (Phi) is 5.12. The average molecular weight is 337 g/mol. The third kappa shape index (κ3) is 4.04. The molecule has 2 aromatic carbocycles. The van der Waals surface area contributed by atoms with Crippen LogP contribution in [0.15, 0.2) is 36.4 Å². The lowest BCUT2D eigenvalue weighted by Crippen LogP contribution is -2.37. The molecule has 132 valence electrons. The molecular weight excluding hydrogens is 310 g/mol. The summed E-state index contributed by atoms with van der Waals surface area (Å²) >= 11 is 0. The van der Waals surface area contributed by atoms with Gasteiger partial charge in [-0.05, 0) is 86.9 Å². The number of aryl methyl sites for hydroxylation is 4. The summed E-state index contributed by atoms with van der Waals surface area (Å²) in [6, 6.07) is 12.5. The second kappa shape index (κ2) is 7.30. The lowest BCUT2D eigenvalue weighted by atomic mass is 10.0. The maximum absolute atomic E-state index is 12.5. The van der Waals surface area contributed by atoms with Gasteiger partial charge in [0, 0.05) is 0 Å². The molecule has 1 aliphatic rings. The number of carbonyl (C=O) groups excluding carboxylic acids is 1. The molecule has 0 fully saturated rings. The number of fused-ring (bicyclic) bond motifs is 1. The van der Waals surface area contributed by atoms with E-state index in [4.69, 9.17) is 4.74 Å². The lowest BCUT2D eigenvalue weighted by Gasteiger charge is -2.20. The van der Waals surface area contributed by atoms with Gasteiger partial charge in [-0.1, -0.05) is 24.3 Å². The Bertz CT molecular complexity index is 782. The van der Waals surface area contributed by atoms with Gasteiger partial charge in [0.05, 0.1) is 6.04 Å². The molecule has 0 aliphatic heterocycles. The van der Waals surface area contributed by atoms with E-state index in [2.05, 4.69) is 30.4 Å². The van der Waals surface area contributed by atoms with Crippen LogP contribution < -0.4 is 10.1 Å². The van der Waals surface area contributed by atoms with Crippen LogP contribution in [0.5, 0.6) is 5.75 Å². The van der Waals surface area contributed by atoms with Crippen molar-refractivity contribution in [2.45, 2.75) is 59.1 Å². The molecule has 1 N–H and O–H groups in total. The largest absolute Gasteiger partial charge is 0.481 e. The molecule has 0 radical (unpaired) electrons. The number of carbonyl (C=O) groups is 1. The first-order valence-corrected chi connectivity index (χ1v) is 9.10. The van der Waals surface area contributed by atoms with Crippen LogP contribution in [0.3, 0.4) is 0 Å². The molecular formula is C22H27NO2. The van der Waals surface area contributed by atoms with Crippen LogP contribution in [0.1, 0.15) is 54.1 Å². The van der Waals surface area contributed by atoms with Crippen LogP contribution in [-0.4, -0.2) is 12.0 Å². The molecule has 0 unspecified atom stereocenters. The highest BCUT2D eigenvalue weighted by Crippen LogP contribution is 2.25. The number of hydrogen-bond acceptors (Lipinski definition) is 2. The van der Waals surface area contributed by atoms with Gasteiger partial charge in [-0.15, -0.1) is 0 Å². The summed E-state index contributed by atoms with van der Waals surface area (Å²) in [7, 11) is 0. The first-order chi connectivity index (χ1) is 11.9. The van der Waals surface area contributed by atoms with Gasteiger partial charge < -0.3 is 10.1 Å². The molecule has 0 spiro atoms. The summed E-state index contributed by atoms with van der Waals surface area (Å²) < 4.78 is 5.81. The second-order valence-corrected chi connectivity index (χ2v) is 7.12. The number of rotatable bonds is 5. The van der Waals surface area contributed by atoms with E-state index in [0.29, 0.717) is 0 Å². The molecule has 2 atom stereocenters. The predicted octanol–water partition coefficient (Wildman–Crippen LogP) is 4.44. The fourth-order valence-electron chi connectivity index (χ4n) is 3.32. The van der Waals surface area contributed by atoms with Crippen LogP contribution in [0.2, 0.25) is 0 Å². The van der Waals surface area contributed by atoms with Crippen molar-refractivity contribution in [2.24, 2.45) is 0 Å². The number of nitrogens with one attached hydrogen (secondary N) is 1. The maximum Gasteiger partial charge on any atom is 0.261 e. The fraction of sp³-hybridized carbons (Fsp3) is 0.409. The molecule has 0 bridgehead atoms. The van der Waals surface area contributed by atoms with Gasteiger partial charge in [0.2, 0.25) is 0 Å². The molecule has 25 heavy (non-hydrogen) atoms. The van der Waals surface area contributed by atoms with Crippen molar-refractivity contribution in [3.05, 3.63) is 64.2 Å². The quantitative estimate of drug-likeness (QED) is 0.876. The highest BCUT2D eigenvalue weighted by Gasteiger charge is 2.19. The number of ether oxygens (including phenoxy) is 1. The normalized spacial score (nSPS) is 15.4. The van der Waals surface area contributed by atoms with Gasteiger partial charge in [0.1, 0.15) is 5.75 Å². The van der Waals surface area contributed by atoms with Crippen LogP contribution in [-0.2, 0) is 17.6 Å². The molecule has 1 amide bonds. The summed E-state index contributed by atoms with van der Waals surface area (Å²) in [5, 5.41) is 3.07. The Hall–Kier alpha value is -2.29. The van der Waals surface area contributed by atoms with Crippen molar-refractivity contribution in [2.75, 3.05) is 0 Å². The minimum absolute atomic E-state index is 0.0239. The predicted molar refractivity (Wildman–Crippen MR) is 101 cm³/mol. The summed E-state index contributed by atoms with van der Waals surface area (Å²) in [6.07, 6.45) is 3.03. The Labute approximate surface area is 150 Å². The molecule has 3 nitrogen and oxygen atoms in total. The van der Waals surface area contributed by atoms with Crippen molar-refractivity contribution in [1.82, 2.24) is 5.32 Å². The highest BCUT2D eigenvalue weighted by molar-refractivity contribution is 5.81. The zero-order chi connectivity index (χ0) is 18.0. The van der Waals surface area contributed by atoms with Crippen LogP contribution in [0.25, 0.3) is 0 Å². The molecule has 3 heteroatoms. The van der Waals surface area contributed by atoms with E-state index in [9.17, 15) is 4.79 Å². The first kappa shape index (κ1) is 17.5. The first-order valence-electron chi connectivity index (χ1n) is 9.10. The SMILES string of the molecule is Cc1ccc(O[C@H](C)C(=O)N[C@H](C)c2ccc3c(c2)CCC3)cc1C. The Morgan fingerprint density at radius 1 is 1.00 bits per heavy atom. The molecule has 0 saturated heterocycles. The number of benzene rings is 2. The van der Waals surface area contributed by atoms with E-state index >= 15 is 0 Å². The van der Waals surface area contributed by atoms with Crippen molar-refractivity contribution in [1.29, 1.82) is 0 Å². The fourth-order valence-corrected chi connectivity index (χ4v) is 3.32. The second-order valence-electron chi connectivity index (χ2n) is 7.12. The van der Waals surface area contributed by atoms with Gasteiger partial charge in [0.25, 0.3) is 5.91 Å². The zero-order valence-electron chi connectivity index (χ0n) is 15.6. The van der Waals surface area contributed by atoms with E-state index in [0.717, 1.165) is 23.3 Å². The summed E-state index contributed by atoms with van der Waals surface area (Å²) in [5.41, 5.74) is 6.42. The highest BCUT2D eigenvalue weighted by atomic mass is 16.5. The zero-order valence-corrected chi connectivity index (χ0v) is 15.6. The van der Waals surface area contributed by atoms with Crippen molar-refractivity contribution in [3.63, 3.8) is 0 Å². The van der Waals surface area contributed by atoms with Crippen molar-refractivity contribution in [3.8, 4) is 5.75 Å². The van der Waals surface area contributed by atoms with Crippen LogP contribution >= 0.6 is 0 Å². The third-order valence-corrected chi connectivity index (χ3v) is 5.14. The topological polar surface area (TPSA) is 38.3 Å². The molecule has 1 aliphatic carbocycles. The van der Waals surface area contributed by atoms with Crippen LogP contribution in [0.4, 0.5) is 0 Å². The van der Waals surface area contributed by atoms with Gasteiger partial charge in [-0.3, -0.25) is 4.79 Å². The van der Waals surface area contributed by atoms with E-state index in [1.54, 1.807) is 6.92 Å². The third-order valence-electron chi connectivity index (χ3n) is 5.14. The molecule has 0 saturated carbocycles. The Morgan fingerprint density at radius 2 is 1.76 bits per heavy atom. The maximum atomic E-state index is 12.5. The average Bonchev–Trinajstić information content (AvgIpc) is 3.05. The molecule has 0 heterocycles. The van der Waals surface area contributed by atoms with Gasteiger partial charge in [0.15, 0.2) is 6.10 Å². The van der Waals surface area contributed by atoms with E-state index in [1.807, 2.05) is 32.0 Å². The van der Waals surface area contributed by atoms with Crippen molar-refractivity contribution < 1.29 is 9.53 Å². The lowest BCUT2D eigenvalue weighted by molar-refractivity contribution is -0.127. The van der Waals surface area contributed by atoms with E-state index < -0.39 is 6.10 Å². The molecule has 2 aromatic rings. The summed E-state index contributed by atoms with van der Waals surface area (Å²) in [4.78, 5) is 12.5. The summed E-state index contributed by atoms with van der Waals surface area (Å²) in [5.74, 6) is 0.641. The van der Waals surface area contributed by atoms with Crippen LogP contribution in [0, 0.1) is 13.8 Å². The number of amides is 1. The Balaban J connectivity index is 1.61. The van der Waals surface area contributed by atoms with Gasteiger partial charge in [-0.25, -0.2) is 0 Å². The van der Waals surface area contributed by atoms with E-state index in [-0.39, 0.29) is 11.9 Å². The minimum atomic E-state index is -0.529. The number of hydrogen-bond donors (Lipinski definition) is 1. The van der Waals surface area contributed by atoms with E-state index in [1.165, 1.54) is 29.5 Å². The molecule has 0 aromatic heterocycles. The van der Waals surface area contributed by atoms with Gasteiger partial charge in [-0.2, -0.15) is 0 Å². The summed E-state index contributed by atoms with van der Waals surface area (Å²) in [6.45, 7) is 7.92.